The summed E-state index contributed by atoms with van der Waals surface area (Å²) >= 11 is 0. The van der Waals surface area contributed by atoms with Crippen LogP contribution in [-0.2, 0) is 23.1 Å². The molecule has 5 aromatic carbocycles. The zero-order chi connectivity index (χ0) is 30.4. The van der Waals surface area contributed by atoms with Crippen LogP contribution in [-0.4, -0.2) is 32.5 Å². The Bertz CT molecular complexity index is 2270. The largest absolute Gasteiger partial charge is 0.338 e. The minimum Gasteiger partial charge on any atom is -0.338 e. The average molecular weight is 599 g/mol. The highest BCUT2D eigenvalue weighted by atomic mass is 32.2. The number of H-pyrrole nitrogens is 1. The first-order valence-electron chi connectivity index (χ1n) is 14.4. The Morgan fingerprint density at radius 2 is 1.57 bits per heavy atom. The molecule has 0 saturated carbocycles. The Labute approximate surface area is 255 Å². The van der Waals surface area contributed by atoms with Gasteiger partial charge in [-0.2, -0.15) is 8.42 Å². The van der Waals surface area contributed by atoms with Crippen LogP contribution in [0.5, 0.6) is 0 Å². The molecule has 2 aromatic heterocycles. The molecule has 0 aliphatic rings. The van der Waals surface area contributed by atoms with Gasteiger partial charge in [0.25, 0.3) is 10.1 Å². The van der Waals surface area contributed by atoms with E-state index in [-0.39, 0.29) is 4.90 Å². The molecule has 7 rings (SSSR count). The van der Waals surface area contributed by atoms with Crippen LogP contribution in [0.1, 0.15) is 28.1 Å². The standard InChI is InChI=1S/C36H30N4O3S/c1-23-7-6-10-28(19-23)36-38-32-17-16-30(31(35(32)39-36)20-25-11-14-29(15-12-25)44(41,42)43)27-13-18-34-33(21-27)37-24(2)40(34)22-26-8-4-3-5-9-26/h3-19,21H,20,22H2,1-2H3,(H,38,39)(H,41,42,43). The van der Waals surface area contributed by atoms with Crippen molar-refractivity contribution in [1.82, 2.24) is 19.5 Å². The summed E-state index contributed by atoms with van der Waals surface area (Å²) < 4.78 is 35.0. The van der Waals surface area contributed by atoms with E-state index < -0.39 is 10.1 Å². The Balaban J connectivity index is 1.35. The number of hydrogen-bond acceptors (Lipinski definition) is 4. The Morgan fingerprint density at radius 1 is 0.773 bits per heavy atom. The van der Waals surface area contributed by atoms with Crippen molar-refractivity contribution in [2.75, 3.05) is 0 Å². The molecule has 0 unspecified atom stereocenters. The fourth-order valence-electron chi connectivity index (χ4n) is 5.88. The molecule has 0 saturated heterocycles. The molecule has 8 heteroatoms. The lowest BCUT2D eigenvalue weighted by molar-refractivity contribution is 0.483. The highest BCUT2D eigenvalue weighted by molar-refractivity contribution is 7.85. The van der Waals surface area contributed by atoms with Crippen LogP contribution in [0.2, 0.25) is 0 Å². The molecule has 2 heterocycles. The van der Waals surface area contributed by atoms with Gasteiger partial charge in [-0.15, -0.1) is 0 Å². The summed E-state index contributed by atoms with van der Waals surface area (Å²) in [7, 11) is -4.28. The number of rotatable bonds is 7. The van der Waals surface area contributed by atoms with E-state index in [4.69, 9.17) is 9.97 Å². The summed E-state index contributed by atoms with van der Waals surface area (Å²) in [4.78, 5) is 13.4. The van der Waals surface area contributed by atoms with Crippen LogP contribution < -0.4 is 0 Å². The molecule has 0 radical (unpaired) electrons. The monoisotopic (exact) mass is 598 g/mol. The number of aryl methyl sites for hydroxylation is 2. The fourth-order valence-corrected chi connectivity index (χ4v) is 6.36. The van der Waals surface area contributed by atoms with Crippen molar-refractivity contribution >= 4 is 32.2 Å². The number of benzene rings is 5. The van der Waals surface area contributed by atoms with Crippen molar-refractivity contribution in [3.8, 4) is 22.5 Å². The predicted octanol–water partition coefficient (Wildman–Crippen LogP) is 7.75. The fraction of sp³-hybridized carbons (Fsp3) is 0.111. The average Bonchev–Trinajstić information content (AvgIpc) is 3.58. The predicted molar refractivity (Wildman–Crippen MR) is 174 cm³/mol. The van der Waals surface area contributed by atoms with Gasteiger partial charge < -0.3 is 9.55 Å². The third kappa shape index (κ3) is 5.30. The maximum atomic E-state index is 11.6. The number of imidazole rings is 2. The molecular formula is C36H30N4O3S. The van der Waals surface area contributed by atoms with E-state index in [1.807, 2.05) is 25.1 Å². The number of hydrogen-bond donors (Lipinski definition) is 2. The van der Waals surface area contributed by atoms with Crippen LogP contribution >= 0.6 is 0 Å². The van der Waals surface area contributed by atoms with E-state index in [1.165, 1.54) is 17.7 Å². The zero-order valence-corrected chi connectivity index (χ0v) is 25.1. The van der Waals surface area contributed by atoms with Gasteiger partial charge in [0.05, 0.1) is 27.0 Å². The normalized spacial score (nSPS) is 11.9. The second-order valence-corrected chi connectivity index (χ2v) is 12.6. The highest BCUT2D eigenvalue weighted by Crippen LogP contribution is 2.35. The van der Waals surface area contributed by atoms with E-state index in [0.29, 0.717) is 6.42 Å². The van der Waals surface area contributed by atoms with Gasteiger partial charge in [-0.1, -0.05) is 78.4 Å². The Hall–Kier alpha value is -5.05. The topological polar surface area (TPSA) is 101 Å². The van der Waals surface area contributed by atoms with Crippen molar-refractivity contribution in [2.45, 2.75) is 31.7 Å². The van der Waals surface area contributed by atoms with Crippen molar-refractivity contribution < 1.29 is 13.0 Å². The summed E-state index contributed by atoms with van der Waals surface area (Å²) in [5.74, 6) is 1.74. The van der Waals surface area contributed by atoms with Gasteiger partial charge >= 0.3 is 0 Å². The minimum absolute atomic E-state index is 0.131. The van der Waals surface area contributed by atoms with E-state index in [9.17, 15) is 13.0 Å². The molecule has 0 amide bonds. The number of aromatic nitrogens is 4. The lowest BCUT2D eigenvalue weighted by Crippen LogP contribution is -2.01. The van der Waals surface area contributed by atoms with Crippen LogP contribution in [0.15, 0.2) is 114 Å². The third-order valence-corrected chi connectivity index (χ3v) is 8.95. The lowest BCUT2D eigenvalue weighted by atomic mass is 9.93. The van der Waals surface area contributed by atoms with Crippen LogP contribution in [0.25, 0.3) is 44.6 Å². The van der Waals surface area contributed by atoms with Crippen LogP contribution in [0, 0.1) is 13.8 Å². The van der Waals surface area contributed by atoms with Gasteiger partial charge in [0.15, 0.2) is 0 Å². The van der Waals surface area contributed by atoms with Crippen molar-refractivity contribution in [3.63, 3.8) is 0 Å². The number of fused-ring (bicyclic) bond motifs is 2. The molecule has 7 aromatic rings. The molecule has 0 bridgehead atoms. The molecule has 0 atom stereocenters. The zero-order valence-electron chi connectivity index (χ0n) is 24.3. The summed E-state index contributed by atoms with van der Waals surface area (Å²) in [6, 6.07) is 35.5. The molecule has 0 spiro atoms. The third-order valence-electron chi connectivity index (χ3n) is 8.09. The van der Waals surface area contributed by atoms with Gasteiger partial charge in [-0.25, -0.2) is 9.97 Å². The number of aromatic amines is 1. The Kier molecular flexibility index (Phi) is 6.88. The molecule has 0 fully saturated rings. The first kappa shape index (κ1) is 27.8. The van der Waals surface area contributed by atoms with Gasteiger partial charge in [0.1, 0.15) is 11.6 Å². The molecule has 218 valence electrons. The molecule has 7 nitrogen and oxygen atoms in total. The van der Waals surface area contributed by atoms with E-state index in [1.54, 1.807) is 12.1 Å². The summed E-state index contributed by atoms with van der Waals surface area (Å²) in [6.45, 7) is 4.84. The van der Waals surface area contributed by atoms with Crippen molar-refractivity contribution in [1.29, 1.82) is 0 Å². The maximum Gasteiger partial charge on any atom is 0.294 e. The molecule has 2 N–H and O–H groups in total. The first-order chi connectivity index (χ1) is 21.2. The molecule has 44 heavy (non-hydrogen) atoms. The maximum absolute atomic E-state index is 11.6. The van der Waals surface area contributed by atoms with Crippen LogP contribution in [0.4, 0.5) is 0 Å². The Morgan fingerprint density at radius 3 is 2.32 bits per heavy atom. The van der Waals surface area contributed by atoms with Gasteiger partial charge in [0.2, 0.25) is 0 Å². The lowest BCUT2D eigenvalue weighted by Gasteiger charge is -2.12. The molecule has 0 aliphatic heterocycles. The van der Waals surface area contributed by atoms with E-state index in [2.05, 4.69) is 83.2 Å². The van der Waals surface area contributed by atoms with Gasteiger partial charge in [-0.05, 0) is 78.1 Å². The number of nitrogens with zero attached hydrogens (tertiary/aromatic N) is 3. The van der Waals surface area contributed by atoms with E-state index >= 15 is 0 Å². The smallest absolute Gasteiger partial charge is 0.294 e. The summed E-state index contributed by atoms with van der Waals surface area (Å²) in [5.41, 5.74) is 11.1. The quantitative estimate of drug-likeness (QED) is 0.183. The van der Waals surface area contributed by atoms with Crippen molar-refractivity contribution in [2.24, 2.45) is 0 Å². The van der Waals surface area contributed by atoms with Crippen molar-refractivity contribution in [3.05, 3.63) is 137 Å². The second kappa shape index (κ2) is 10.9. The molecule has 0 aliphatic carbocycles. The second-order valence-electron chi connectivity index (χ2n) is 11.2. The van der Waals surface area contributed by atoms with Gasteiger partial charge in [-0.3, -0.25) is 4.55 Å². The minimum atomic E-state index is -4.28. The number of nitrogens with one attached hydrogen (secondary N) is 1. The summed E-state index contributed by atoms with van der Waals surface area (Å²) in [5, 5.41) is 0. The van der Waals surface area contributed by atoms with Crippen LogP contribution in [0.3, 0.4) is 0 Å². The SMILES string of the molecule is Cc1cccc(-c2nc3c(Cc4ccc(S(=O)(=O)O)cc4)c(-c4ccc5c(c4)nc(C)n5Cc4ccccc4)ccc3[nH]2)c1. The first-order valence-corrected chi connectivity index (χ1v) is 15.8. The van der Waals surface area contributed by atoms with Gasteiger partial charge in [0, 0.05) is 18.5 Å². The molecular weight excluding hydrogens is 568 g/mol. The van der Waals surface area contributed by atoms with E-state index in [0.717, 1.165) is 73.6 Å². The highest BCUT2D eigenvalue weighted by Gasteiger charge is 2.18. The summed E-state index contributed by atoms with van der Waals surface area (Å²) in [6.07, 6.45) is 0.510.